The van der Waals surface area contributed by atoms with Crippen molar-refractivity contribution in [2.75, 3.05) is 0 Å². The highest BCUT2D eigenvalue weighted by atomic mass is 32.1. The summed E-state index contributed by atoms with van der Waals surface area (Å²) in [6.45, 7) is 4.67. The van der Waals surface area contributed by atoms with E-state index in [9.17, 15) is 0 Å². The lowest BCUT2D eigenvalue weighted by Crippen LogP contribution is -2.15. The lowest BCUT2D eigenvalue weighted by molar-refractivity contribution is 0.620. The molecule has 0 saturated heterocycles. The molecule has 0 amide bonds. The van der Waals surface area contributed by atoms with Crippen LogP contribution < -0.4 is 0 Å². The summed E-state index contributed by atoms with van der Waals surface area (Å²) in [7, 11) is 0. The quantitative estimate of drug-likeness (QED) is 0.171. The smallest absolute Gasteiger partial charge is 0.140 e. The van der Waals surface area contributed by atoms with Crippen LogP contribution in [0.3, 0.4) is 0 Å². The van der Waals surface area contributed by atoms with Crippen molar-refractivity contribution in [3.05, 3.63) is 169 Å². The van der Waals surface area contributed by atoms with E-state index < -0.39 is 0 Å². The molecule has 0 fully saturated rings. The summed E-state index contributed by atoms with van der Waals surface area (Å²) in [6, 6.07) is 54.6. The summed E-state index contributed by atoms with van der Waals surface area (Å²) in [6.07, 6.45) is 1.97. The van der Waals surface area contributed by atoms with Gasteiger partial charge in [0, 0.05) is 75.6 Å². The summed E-state index contributed by atoms with van der Waals surface area (Å²) in [5.41, 5.74) is 15.4. The van der Waals surface area contributed by atoms with Crippen molar-refractivity contribution in [2.24, 2.45) is 0 Å². The number of furan rings is 1. The molecule has 3 nitrogen and oxygen atoms in total. The Labute approximate surface area is 321 Å². The topological polar surface area (TPSA) is 38.9 Å². The van der Waals surface area contributed by atoms with Crippen molar-refractivity contribution >= 4 is 75.3 Å². The van der Waals surface area contributed by atoms with Gasteiger partial charge in [0.2, 0.25) is 0 Å². The van der Waals surface area contributed by atoms with Crippen LogP contribution in [0.5, 0.6) is 0 Å². The van der Waals surface area contributed by atoms with Crippen molar-refractivity contribution in [2.45, 2.75) is 19.3 Å². The van der Waals surface area contributed by atoms with Gasteiger partial charge in [-0.2, -0.15) is 0 Å². The van der Waals surface area contributed by atoms with Gasteiger partial charge in [-0.1, -0.05) is 135 Å². The van der Waals surface area contributed by atoms with E-state index in [4.69, 9.17) is 14.4 Å². The third-order valence-corrected chi connectivity index (χ3v) is 13.1. The molecule has 0 spiro atoms. The predicted molar refractivity (Wildman–Crippen MR) is 231 cm³/mol. The molecule has 1 aliphatic rings. The van der Waals surface area contributed by atoms with Crippen LogP contribution in [-0.4, -0.2) is 9.97 Å². The standard InChI is InChI=1S/C51H32N2OS/c1-51(2)40-17-9-6-14-33(40)39-27-38(44-36-15-7-10-18-42(36)54-49(44)46(39)51)34-23-24-35(45-37-16-8-11-19-43(37)55-50(34)45)41-25-22-30-20-21-31-26-32(29-12-4-3-5-13-29)28-52-47(31)48(30)53-41/h3-28H,1-2H3. The van der Waals surface area contributed by atoms with Gasteiger partial charge in [-0.15, -0.1) is 11.3 Å². The van der Waals surface area contributed by atoms with Crippen LogP contribution in [0.1, 0.15) is 25.0 Å². The zero-order valence-electron chi connectivity index (χ0n) is 30.2. The van der Waals surface area contributed by atoms with Crippen LogP contribution in [-0.2, 0) is 5.41 Å². The minimum Gasteiger partial charge on any atom is -0.456 e. The van der Waals surface area contributed by atoms with E-state index in [-0.39, 0.29) is 5.41 Å². The van der Waals surface area contributed by atoms with E-state index in [2.05, 4.69) is 159 Å². The summed E-state index contributed by atoms with van der Waals surface area (Å²) in [5, 5.41) is 6.95. The van der Waals surface area contributed by atoms with Gasteiger partial charge in [0.1, 0.15) is 11.2 Å². The molecule has 0 atom stereocenters. The molecule has 55 heavy (non-hydrogen) atoms. The number of hydrogen-bond donors (Lipinski definition) is 0. The Morgan fingerprint density at radius 1 is 0.545 bits per heavy atom. The molecule has 0 unspecified atom stereocenters. The number of benzene rings is 7. The molecule has 1 aliphatic carbocycles. The highest BCUT2D eigenvalue weighted by Gasteiger charge is 2.39. The monoisotopic (exact) mass is 720 g/mol. The second kappa shape index (κ2) is 11.2. The number of hydrogen-bond acceptors (Lipinski definition) is 4. The molecule has 11 aromatic rings. The van der Waals surface area contributed by atoms with Crippen molar-refractivity contribution < 1.29 is 4.42 Å². The molecule has 4 heterocycles. The van der Waals surface area contributed by atoms with Crippen molar-refractivity contribution in [3.8, 4) is 44.6 Å². The van der Waals surface area contributed by atoms with Gasteiger partial charge in [0.05, 0.1) is 16.7 Å². The third-order valence-electron chi connectivity index (χ3n) is 11.9. The average molecular weight is 721 g/mol. The lowest BCUT2D eigenvalue weighted by Gasteiger charge is -2.22. The minimum atomic E-state index is -0.197. The zero-order valence-corrected chi connectivity index (χ0v) is 31.0. The van der Waals surface area contributed by atoms with Crippen LogP contribution in [0, 0.1) is 0 Å². The fraction of sp³-hybridized carbons (Fsp3) is 0.0588. The number of para-hydroxylation sites is 1. The fourth-order valence-electron chi connectivity index (χ4n) is 9.32. The number of rotatable bonds is 3. The molecule has 0 saturated carbocycles. The molecule has 7 aromatic carbocycles. The Bertz CT molecular complexity index is 3410. The second-order valence-corrected chi connectivity index (χ2v) is 16.3. The van der Waals surface area contributed by atoms with E-state index in [0.717, 1.165) is 60.7 Å². The van der Waals surface area contributed by atoms with E-state index in [0.29, 0.717) is 0 Å². The average Bonchev–Trinajstić information content (AvgIpc) is 3.88. The Morgan fingerprint density at radius 3 is 2.20 bits per heavy atom. The van der Waals surface area contributed by atoms with Gasteiger partial charge in [-0.05, 0) is 58.1 Å². The summed E-state index contributed by atoms with van der Waals surface area (Å²) in [5.74, 6) is 0. The SMILES string of the molecule is CC1(C)c2ccccc2-c2cc(-c3ccc(-c4ccc5ccc6cc(-c7ccccc7)cnc6c5n4)c4c3sc3ccccc34)c3c(oc4ccccc43)c21. The molecular formula is C51H32N2OS. The summed E-state index contributed by atoms with van der Waals surface area (Å²) < 4.78 is 9.39. The van der Waals surface area contributed by atoms with Crippen molar-refractivity contribution in [1.29, 1.82) is 0 Å². The van der Waals surface area contributed by atoms with Crippen molar-refractivity contribution in [3.63, 3.8) is 0 Å². The molecule has 0 bridgehead atoms. The van der Waals surface area contributed by atoms with Gasteiger partial charge in [0.25, 0.3) is 0 Å². The lowest BCUT2D eigenvalue weighted by atomic mass is 9.81. The fourth-order valence-corrected chi connectivity index (χ4v) is 10.6. The van der Waals surface area contributed by atoms with Crippen LogP contribution in [0.15, 0.2) is 162 Å². The normalized spacial score (nSPS) is 13.4. The van der Waals surface area contributed by atoms with Gasteiger partial charge >= 0.3 is 0 Å². The number of aromatic nitrogens is 2. The number of thiophene rings is 1. The molecule has 12 rings (SSSR count). The van der Waals surface area contributed by atoms with E-state index >= 15 is 0 Å². The van der Waals surface area contributed by atoms with E-state index in [1.165, 1.54) is 58.9 Å². The predicted octanol–water partition coefficient (Wildman–Crippen LogP) is 14.4. The van der Waals surface area contributed by atoms with E-state index in [1.807, 2.05) is 23.6 Å². The second-order valence-electron chi connectivity index (χ2n) is 15.3. The molecule has 258 valence electrons. The zero-order chi connectivity index (χ0) is 36.4. The first-order chi connectivity index (χ1) is 27.0. The van der Waals surface area contributed by atoms with Crippen LogP contribution in [0.4, 0.5) is 0 Å². The first kappa shape index (κ1) is 30.8. The molecular weight excluding hydrogens is 689 g/mol. The van der Waals surface area contributed by atoms with Crippen LogP contribution in [0.25, 0.3) is 109 Å². The maximum absolute atomic E-state index is 6.88. The molecule has 4 heteroatoms. The minimum absolute atomic E-state index is 0.197. The van der Waals surface area contributed by atoms with Gasteiger partial charge in [-0.3, -0.25) is 4.98 Å². The van der Waals surface area contributed by atoms with Gasteiger partial charge in [0.15, 0.2) is 0 Å². The highest BCUT2D eigenvalue weighted by molar-refractivity contribution is 7.26. The van der Waals surface area contributed by atoms with Crippen LogP contribution >= 0.6 is 11.3 Å². The summed E-state index contributed by atoms with van der Waals surface area (Å²) >= 11 is 1.86. The molecule has 4 aromatic heterocycles. The van der Waals surface area contributed by atoms with Crippen LogP contribution in [0.2, 0.25) is 0 Å². The van der Waals surface area contributed by atoms with E-state index in [1.54, 1.807) is 0 Å². The Hall–Kier alpha value is -6.62. The number of fused-ring (bicyclic) bond motifs is 13. The third kappa shape index (κ3) is 4.31. The first-order valence-corrected chi connectivity index (χ1v) is 19.6. The largest absolute Gasteiger partial charge is 0.456 e. The highest BCUT2D eigenvalue weighted by Crippen LogP contribution is 2.56. The summed E-state index contributed by atoms with van der Waals surface area (Å²) in [4.78, 5) is 10.4. The maximum Gasteiger partial charge on any atom is 0.140 e. The Kier molecular flexibility index (Phi) is 6.27. The Morgan fingerprint density at radius 2 is 1.29 bits per heavy atom. The number of pyridine rings is 2. The van der Waals surface area contributed by atoms with Gasteiger partial charge in [-0.25, -0.2) is 4.98 Å². The maximum atomic E-state index is 6.88. The Balaban J connectivity index is 1.13. The van der Waals surface area contributed by atoms with Crippen molar-refractivity contribution in [1.82, 2.24) is 9.97 Å². The van der Waals surface area contributed by atoms with Gasteiger partial charge < -0.3 is 4.42 Å². The molecule has 0 N–H and O–H groups in total. The molecule has 0 aliphatic heterocycles. The molecule has 0 radical (unpaired) electrons. The first-order valence-electron chi connectivity index (χ1n) is 18.8. The number of nitrogens with zero attached hydrogens (tertiary/aromatic N) is 2.